The van der Waals surface area contributed by atoms with Gasteiger partial charge in [0, 0.05) is 24.0 Å². The first-order valence-electron chi connectivity index (χ1n) is 11.2. The molecule has 2 aromatic carbocycles. The summed E-state index contributed by atoms with van der Waals surface area (Å²) < 4.78 is 10.8. The molecule has 1 saturated heterocycles. The van der Waals surface area contributed by atoms with Gasteiger partial charge < -0.3 is 14.5 Å². The van der Waals surface area contributed by atoms with Crippen LogP contribution in [0.2, 0.25) is 0 Å². The number of aryl methyl sites for hydroxylation is 2. The Morgan fingerprint density at radius 1 is 1.18 bits per heavy atom. The third-order valence-corrected chi connectivity index (χ3v) is 7.07. The molecule has 2 heterocycles. The van der Waals surface area contributed by atoms with Crippen molar-refractivity contribution in [3.05, 3.63) is 69.8 Å². The lowest BCUT2D eigenvalue weighted by Crippen LogP contribution is -2.37. The Morgan fingerprint density at radius 3 is 2.71 bits per heavy atom. The number of furan rings is 1. The summed E-state index contributed by atoms with van der Waals surface area (Å²) in [5.41, 5.74) is 5.12. The quantitative estimate of drug-likeness (QED) is 0.511. The number of benzene rings is 2. The molecule has 3 aromatic rings. The topological polar surface area (TPSA) is 88.8 Å². The molecule has 1 fully saturated rings. The van der Waals surface area contributed by atoms with Gasteiger partial charge in [-0.3, -0.25) is 19.3 Å². The normalized spacial score (nSPS) is 16.5. The van der Waals surface area contributed by atoms with Gasteiger partial charge in [-0.05, 0) is 78.1 Å². The fraction of sp³-hybridized carbons (Fsp3) is 0.269. The minimum absolute atomic E-state index is 0.121. The van der Waals surface area contributed by atoms with Crippen LogP contribution in [0.1, 0.15) is 28.7 Å². The summed E-state index contributed by atoms with van der Waals surface area (Å²) in [6.45, 7) is 0.313. The predicted octanol–water partition coefficient (Wildman–Crippen LogP) is 4.33. The number of carbonyl (C=O) groups is 3. The third-order valence-electron chi connectivity index (χ3n) is 6.16. The van der Waals surface area contributed by atoms with Crippen molar-refractivity contribution in [3.8, 4) is 5.75 Å². The van der Waals surface area contributed by atoms with Crippen molar-refractivity contribution in [2.45, 2.75) is 25.7 Å². The second kappa shape index (κ2) is 9.38. The van der Waals surface area contributed by atoms with E-state index in [1.807, 2.05) is 12.1 Å². The standard InChI is InChI=1S/C26H24N2O5S/c1-32-20-7-5-16(6-8-20)11-23-25(30)28(26(31)34-23)10-9-27-24(29)14-19-15-33-22-13-18-4-2-3-17(18)12-21(19)22/h5-8,11-13,15H,2-4,9-10,14H2,1H3,(H,27,29)/b23-11-. The molecule has 2 aliphatic rings. The summed E-state index contributed by atoms with van der Waals surface area (Å²) in [6.07, 6.45) is 6.80. The maximum absolute atomic E-state index is 12.7. The Hall–Kier alpha value is -3.52. The van der Waals surface area contributed by atoms with Crippen molar-refractivity contribution in [2.75, 3.05) is 20.2 Å². The highest BCUT2D eigenvalue weighted by atomic mass is 32.2. The zero-order chi connectivity index (χ0) is 23.7. The number of rotatable bonds is 7. The highest BCUT2D eigenvalue weighted by Crippen LogP contribution is 2.32. The second-order valence-electron chi connectivity index (χ2n) is 8.36. The number of nitrogens with one attached hydrogen (secondary N) is 1. The van der Waals surface area contributed by atoms with Crippen LogP contribution >= 0.6 is 11.8 Å². The van der Waals surface area contributed by atoms with Gasteiger partial charge in [-0.25, -0.2) is 0 Å². The number of ether oxygens (including phenoxy) is 1. The van der Waals surface area contributed by atoms with E-state index in [0.29, 0.717) is 10.7 Å². The molecule has 0 unspecified atom stereocenters. The molecule has 0 atom stereocenters. The summed E-state index contributed by atoms with van der Waals surface area (Å²) in [4.78, 5) is 39.1. The SMILES string of the molecule is COc1ccc(/C=C2\SC(=O)N(CCNC(=O)Cc3coc4cc5c(cc34)CCC5)C2=O)cc1. The molecular formula is C26H24N2O5S. The fourth-order valence-corrected chi connectivity index (χ4v) is 5.24. The summed E-state index contributed by atoms with van der Waals surface area (Å²) in [7, 11) is 1.59. The lowest BCUT2D eigenvalue weighted by Gasteiger charge is -2.13. The van der Waals surface area contributed by atoms with E-state index in [0.717, 1.165) is 58.0 Å². The number of hydrogen-bond acceptors (Lipinski definition) is 6. The van der Waals surface area contributed by atoms with Crippen LogP contribution in [0, 0.1) is 0 Å². The number of hydrogen-bond donors (Lipinski definition) is 1. The number of amides is 3. The average molecular weight is 477 g/mol. The molecule has 8 heteroatoms. The molecule has 1 aromatic heterocycles. The Kier molecular flexibility index (Phi) is 6.15. The highest BCUT2D eigenvalue weighted by Gasteiger charge is 2.34. The number of thioether (sulfide) groups is 1. The van der Waals surface area contributed by atoms with Gasteiger partial charge in [0.1, 0.15) is 11.3 Å². The van der Waals surface area contributed by atoms with Crippen molar-refractivity contribution >= 4 is 45.9 Å². The lowest BCUT2D eigenvalue weighted by atomic mass is 10.0. The third kappa shape index (κ3) is 4.46. The van der Waals surface area contributed by atoms with Crippen molar-refractivity contribution in [1.29, 1.82) is 0 Å². The van der Waals surface area contributed by atoms with E-state index in [1.54, 1.807) is 31.6 Å². The van der Waals surface area contributed by atoms with E-state index in [2.05, 4.69) is 17.4 Å². The van der Waals surface area contributed by atoms with Crippen molar-refractivity contribution < 1.29 is 23.5 Å². The number of fused-ring (bicyclic) bond motifs is 2. The molecule has 1 aliphatic carbocycles. The smallest absolute Gasteiger partial charge is 0.293 e. The molecule has 1 aliphatic heterocycles. The van der Waals surface area contributed by atoms with E-state index >= 15 is 0 Å². The minimum atomic E-state index is -0.352. The monoisotopic (exact) mass is 476 g/mol. The van der Waals surface area contributed by atoms with Gasteiger partial charge in [0.25, 0.3) is 11.1 Å². The molecule has 0 bridgehead atoms. The molecular weight excluding hydrogens is 452 g/mol. The highest BCUT2D eigenvalue weighted by molar-refractivity contribution is 8.18. The summed E-state index contributed by atoms with van der Waals surface area (Å²) in [6, 6.07) is 11.4. The lowest BCUT2D eigenvalue weighted by molar-refractivity contribution is -0.124. The molecule has 5 rings (SSSR count). The van der Waals surface area contributed by atoms with E-state index < -0.39 is 0 Å². The van der Waals surface area contributed by atoms with Gasteiger partial charge in [0.15, 0.2) is 0 Å². The molecule has 0 spiro atoms. The van der Waals surface area contributed by atoms with Gasteiger partial charge in [-0.1, -0.05) is 12.1 Å². The molecule has 174 valence electrons. The van der Waals surface area contributed by atoms with Crippen LogP contribution in [0.5, 0.6) is 5.75 Å². The number of methoxy groups -OCH3 is 1. The Labute approximate surface area is 201 Å². The van der Waals surface area contributed by atoms with E-state index in [4.69, 9.17) is 9.15 Å². The van der Waals surface area contributed by atoms with Crippen LogP contribution in [0.15, 0.2) is 52.0 Å². The summed E-state index contributed by atoms with van der Waals surface area (Å²) in [5.74, 6) is 0.187. The fourth-order valence-electron chi connectivity index (χ4n) is 4.37. The maximum atomic E-state index is 12.7. The average Bonchev–Trinajstić information content (AvgIpc) is 3.52. The largest absolute Gasteiger partial charge is 0.497 e. The Bertz CT molecular complexity index is 1310. The Morgan fingerprint density at radius 2 is 1.94 bits per heavy atom. The van der Waals surface area contributed by atoms with Gasteiger partial charge in [-0.2, -0.15) is 0 Å². The first-order chi connectivity index (χ1) is 16.5. The zero-order valence-corrected chi connectivity index (χ0v) is 19.6. The van der Waals surface area contributed by atoms with E-state index in [1.165, 1.54) is 11.1 Å². The molecule has 7 nitrogen and oxygen atoms in total. The van der Waals surface area contributed by atoms with Crippen molar-refractivity contribution in [3.63, 3.8) is 0 Å². The zero-order valence-electron chi connectivity index (χ0n) is 18.8. The first-order valence-corrected chi connectivity index (χ1v) is 12.0. The summed E-state index contributed by atoms with van der Waals surface area (Å²) >= 11 is 0.902. The van der Waals surface area contributed by atoms with Crippen LogP contribution in [0.3, 0.4) is 0 Å². The number of carbonyl (C=O) groups excluding carboxylic acids is 3. The predicted molar refractivity (Wildman–Crippen MR) is 131 cm³/mol. The Balaban J connectivity index is 1.17. The number of nitrogens with zero attached hydrogens (tertiary/aromatic N) is 1. The molecule has 34 heavy (non-hydrogen) atoms. The molecule has 0 radical (unpaired) electrons. The number of imide groups is 1. The van der Waals surface area contributed by atoms with Crippen LogP contribution < -0.4 is 10.1 Å². The van der Waals surface area contributed by atoms with E-state index in [9.17, 15) is 14.4 Å². The van der Waals surface area contributed by atoms with Crippen molar-refractivity contribution in [1.82, 2.24) is 10.2 Å². The molecule has 0 saturated carbocycles. The van der Waals surface area contributed by atoms with Crippen LogP contribution in [0.4, 0.5) is 4.79 Å². The van der Waals surface area contributed by atoms with Crippen LogP contribution in [-0.2, 0) is 28.9 Å². The minimum Gasteiger partial charge on any atom is -0.497 e. The second-order valence-corrected chi connectivity index (χ2v) is 9.36. The van der Waals surface area contributed by atoms with Crippen molar-refractivity contribution in [2.24, 2.45) is 0 Å². The maximum Gasteiger partial charge on any atom is 0.293 e. The van der Waals surface area contributed by atoms with E-state index in [-0.39, 0.29) is 36.6 Å². The molecule has 1 N–H and O–H groups in total. The van der Waals surface area contributed by atoms with Gasteiger partial charge in [-0.15, -0.1) is 0 Å². The molecule has 3 amide bonds. The van der Waals surface area contributed by atoms with Crippen LogP contribution in [0.25, 0.3) is 17.0 Å². The summed E-state index contributed by atoms with van der Waals surface area (Å²) in [5, 5.41) is 3.45. The van der Waals surface area contributed by atoms with Gasteiger partial charge in [0.05, 0.1) is 24.7 Å². The van der Waals surface area contributed by atoms with Gasteiger partial charge >= 0.3 is 0 Å². The van der Waals surface area contributed by atoms with Crippen LogP contribution in [-0.4, -0.2) is 42.2 Å². The first kappa shape index (κ1) is 22.3. The van der Waals surface area contributed by atoms with Gasteiger partial charge in [0.2, 0.25) is 5.91 Å².